The van der Waals surface area contributed by atoms with E-state index in [1.165, 1.54) is 21.9 Å². The van der Waals surface area contributed by atoms with Gasteiger partial charge in [0.05, 0.1) is 50.8 Å². The molecule has 14 rings (SSSR count). The average Bonchev–Trinajstić information content (AvgIpc) is 0.756. The molecule has 1 aliphatic carbocycles. The van der Waals surface area contributed by atoms with Crippen LogP contribution in [0, 0.1) is 27.7 Å². The summed E-state index contributed by atoms with van der Waals surface area (Å²) in [5.41, 5.74) is 14.5. The highest BCUT2D eigenvalue weighted by Gasteiger charge is 2.39. The van der Waals surface area contributed by atoms with E-state index in [4.69, 9.17) is 9.15 Å². The molecule has 0 spiro atoms. The van der Waals surface area contributed by atoms with E-state index in [1.54, 1.807) is 84.9 Å². The van der Waals surface area contributed by atoms with Crippen LogP contribution in [0.4, 0.5) is 28.4 Å². The monoisotopic (exact) mass is 1430 g/mol. The van der Waals surface area contributed by atoms with Crippen LogP contribution in [0.3, 0.4) is 0 Å². The first-order valence-electron chi connectivity index (χ1n) is 35.1. The normalized spacial score (nSPS) is 14.8. The third-order valence-electron chi connectivity index (χ3n) is 20.4. The van der Waals surface area contributed by atoms with Crippen molar-refractivity contribution in [2.24, 2.45) is 0 Å². The van der Waals surface area contributed by atoms with Gasteiger partial charge in [-0.3, -0.25) is 38.1 Å². The van der Waals surface area contributed by atoms with Crippen LogP contribution in [0.2, 0.25) is 0 Å². The Morgan fingerprint density at radius 1 is 0.442 bits per heavy atom. The number of nitrogens with zero attached hydrogens (tertiary/aromatic N) is 6. The SMILES string of the molecule is CCN(CCCCCCN(CC)c1ccc2c(-c3ccccc3S(=O)(=O)O)c3ccc(N(CCN4C(=O)c5ccccc5C4=O)c4c(C)cccc4C)cc3[o+]c2c1)c1ccc2c(c1)OC1C=C(N(CCN3C(=O)c4ccccc4C3=O)c3c(C)cccc3C)C=CC1=C2c1ccccc1S(=O)(=O)O. The smallest absolute Gasteiger partial charge is 0.363 e. The van der Waals surface area contributed by atoms with E-state index in [1.807, 2.05) is 137 Å². The van der Waals surface area contributed by atoms with Gasteiger partial charge in [0.2, 0.25) is 0 Å². The molecule has 0 fully saturated rings. The minimum atomic E-state index is -4.70. The van der Waals surface area contributed by atoms with Gasteiger partial charge in [0.25, 0.3) is 43.9 Å². The molecule has 528 valence electrons. The molecule has 4 amide bonds. The maximum Gasteiger partial charge on any atom is 0.363 e. The second-order valence-electron chi connectivity index (χ2n) is 26.7. The summed E-state index contributed by atoms with van der Waals surface area (Å²) in [5, 5.41) is 1.24. The van der Waals surface area contributed by atoms with Crippen LogP contribution >= 0.6 is 0 Å². The Kier molecular flexibility index (Phi) is 19.3. The van der Waals surface area contributed by atoms with Crippen molar-refractivity contribution in [3.05, 3.63) is 273 Å². The zero-order valence-corrected chi connectivity index (χ0v) is 60.3. The number of fused-ring (bicyclic) bond motifs is 6. The van der Waals surface area contributed by atoms with Gasteiger partial charge < -0.3 is 24.3 Å². The maximum absolute atomic E-state index is 13.7. The Morgan fingerprint density at radius 3 is 1.37 bits per heavy atom. The fourth-order valence-electron chi connectivity index (χ4n) is 15.4. The van der Waals surface area contributed by atoms with E-state index < -0.39 is 26.3 Å². The van der Waals surface area contributed by atoms with Gasteiger partial charge in [0, 0.05) is 120 Å². The van der Waals surface area contributed by atoms with Crippen molar-refractivity contribution < 1.29 is 54.3 Å². The van der Waals surface area contributed by atoms with Gasteiger partial charge in [-0.15, -0.1) is 0 Å². The Labute approximate surface area is 605 Å². The Hall–Kier alpha value is -11.0. The molecule has 0 saturated carbocycles. The summed E-state index contributed by atoms with van der Waals surface area (Å²) in [7, 11) is -9.38. The van der Waals surface area contributed by atoms with Crippen molar-refractivity contribution in [3.8, 4) is 16.9 Å². The number of hydrogen-bond acceptors (Lipinski definition) is 13. The lowest BCUT2D eigenvalue weighted by atomic mass is 9.85. The molecule has 4 aliphatic rings. The third kappa shape index (κ3) is 13.2. The number of anilines is 5. The van der Waals surface area contributed by atoms with E-state index in [0.717, 1.165) is 89.5 Å². The summed E-state index contributed by atoms with van der Waals surface area (Å²) in [6.07, 6.45) is 8.74. The molecule has 2 N–H and O–H groups in total. The number of benzene rings is 9. The molecule has 20 heteroatoms. The van der Waals surface area contributed by atoms with E-state index in [-0.39, 0.29) is 59.6 Å². The second-order valence-corrected chi connectivity index (χ2v) is 29.5. The van der Waals surface area contributed by atoms with Crippen molar-refractivity contribution in [1.29, 1.82) is 0 Å². The lowest BCUT2D eigenvalue weighted by molar-refractivity contribution is 0.0643. The largest absolute Gasteiger partial charge is 0.481 e. The van der Waals surface area contributed by atoms with Crippen LogP contribution in [0.1, 0.15) is 114 Å². The molecule has 0 radical (unpaired) electrons. The fourth-order valence-corrected chi connectivity index (χ4v) is 16.8. The van der Waals surface area contributed by atoms with Crippen LogP contribution < -0.4 is 24.3 Å². The number of para-hydroxylation sites is 2. The van der Waals surface area contributed by atoms with E-state index >= 15 is 0 Å². The molecule has 3 aliphatic heterocycles. The molecule has 10 aromatic rings. The number of ether oxygens (including phenoxy) is 1. The summed E-state index contributed by atoms with van der Waals surface area (Å²) >= 11 is 0. The Balaban J connectivity index is 0.708. The predicted molar refractivity (Wildman–Crippen MR) is 408 cm³/mol. The van der Waals surface area contributed by atoms with Crippen LogP contribution in [0.25, 0.3) is 38.6 Å². The minimum absolute atomic E-state index is 0.0914. The van der Waals surface area contributed by atoms with Gasteiger partial charge in [0.15, 0.2) is 0 Å². The summed E-state index contributed by atoms with van der Waals surface area (Å²) < 4.78 is 88.0. The molecule has 1 atom stereocenters. The number of carbonyl (C=O) groups excluding carboxylic acids is 4. The lowest BCUT2D eigenvalue weighted by Gasteiger charge is -2.36. The third-order valence-corrected chi connectivity index (χ3v) is 22.2. The highest BCUT2D eigenvalue weighted by atomic mass is 32.2. The lowest BCUT2D eigenvalue weighted by Crippen LogP contribution is -2.39. The average molecular weight is 1430 g/mol. The zero-order chi connectivity index (χ0) is 72.9. The molecule has 1 aromatic heterocycles. The summed E-state index contributed by atoms with van der Waals surface area (Å²) in [6, 6.07) is 56.2. The van der Waals surface area contributed by atoms with Crippen molar-refractivity contribution in [2.45, 2.75) is 83.1 Å². The van der Waals surface area contributed by atoms with E-state index in [0.29, 0.717) is 102 Å². The number of carbonyl (C=O) groups is 4. The molecule has 18 nitrogen and oxygen atoms in total. The molecule has 9 aromatic carbocycles. The van der Waals surface area contributed by atoms with Gasteiger partial charge in [-0.1, -0.05) is 116 Å². The van der Waals surface area contributed by atoms with E-state index in [9.17, 15) is 45.1 Å². The van der Waals surface area contributed by atoms with Crippen LogP contribution in [-0.2, 0) is 20.2 Å². The molecule has 104 heavy (non-hydrogen) atoms. The highest BCUT2D eigenvalue weighted by molar-refractivity contribution is 7.86. The zero-order valence-electron chi connectivity index (χ0n) is 58.7. The van der Waals surface area contributed by atoms with Crippen LogP contribution in [0.15, 0.2) is 232 Å². The molecule has 1 unspecified atom stereocenters. The molecule has 0 bridgehead atoms. The molecular formula is C84H79N6O12S2+. The van der Waals surface area contributed by atoms with Gasteiger partial charge in [0.1, 0.15) is 21.6 Å². The quantitative estimate of drug-likeness (QED) is 0.0179. The number of unbranched alkanes of at least 4 members (excludes halogenated alkanes) is 3. The highest BCUT2D eigenvalue weighted by Crippen LogP contribution is 2.48. The number of hydrogen-bond donors (Lipinski definition) is 2. The molecular weight excluding hydrogens is 1350 g/mol. The number of aryl methyl sites for hydroxylation is 4. The fraction of sp³-hybridized carbons (Fsp3) is 0.226. The standard InChI is InChI=1S/C84H78N6O12S2/c1-7-85(57-35-39-65-71(49-57)101-73-51-59(37-41-67(73)77(65)69-31-15-17-33-75(69)103(95,96)97)87(79-53(3)23-21-24-54(79)4)45-47-89-81(91)61-27-11-12-28-62(61)82(89)92)43-19-9-10-20-44-86(8-2)58-36-40-66-72(50-58)102-74-52-60(38-42-68(74)78(66)70-32-16-18-34-76(70)104(98,99)100)88(80-55(5)25-22-26-56(80)6)46-48-90-83(93)63-29-13-14-30-64(63)84(90)94/h11-18,21-42,49-52,73H,7-10,19-20,43-48H2,1-6H3,(H-,95,96,97,98,99,100)/p+1. The number of rotatable bonds is 25. The number of amides is 4. The van der Waals surface area contributed by atoms with Crippen LogP contribution in [0.5, 0.6) is 5.75 Å². The van der Waals surface area contributed by atoms with Crippen molar-refractivity contribution in [2.75, 3.05) is 72.0 Å². The minimum Gasteiger partial charge on any atom is -0.481 e. The first kappa shape index (κ1) is 70.0. The first-order chi connectivity index (χ1) is 50.1. The topological polar surface area (TPSA) is 217 Å². The first-order valence-corrected chi connectivity index (χ1v) is 38.0. The van der Waals surface area contributed by atoms with Gasteiger partial charge in [-0.05, 0) is 162 Å². The van der Waals surface area contributed by atoms with Crippen LogP contribution in [-0.4, -0.2) is 118 Å². The Bertz CT molecular complexity index is 5400. The summed E-state index contributed by atoms with van der Waals surface area (Å²) in [5.74, 6) is -0.868. The molecule has 0 saturated heterocycles. The summed E-state index contributed by atoms with van der Waals surface area (Å²) in [6.45, 7) is 15.8. The molecule has 4 heterocycles. The maximum atomic E-state index is 13.7. The second kappa shape index (κ2) is 28.7. The van der Waals surface area contributed by atoms with Gasteiger partial charge in [-0.25, -0.2) is 4.42 Å². The van der Waals surface area contributed by atoms with Crippen molar-refractivity contribution in [3.63, 3.8) is 0 Å². The predicted octanol–water partition coefficient (Wildman–Crippen LogP) is 16.4. The van der Waals surface area contributed by atoms with Gasteiger partial charge in [-0.2, -0.15) is 16.8 Å². The van der Waals surface area contributed by atoms with E-state index in [2.05, 4.69) is 33.4 Å². The van der Waals surface area contributed by atoms with Crippen molar-refractivity contribution >= 4 is 99.8 Å². The van der Waals surface area contributed by atoms with Gasteiger partial charge >= 0.3 is 11.2 Å². The number of imide groups is 2. The summed E-state index contributed by atoms with van der Waals surface area (Å²) in [4.78, 5) is 65.6. The van der Waals surface area contributed by atoms with Crippen molar-refractivity contribution in [1.82, 2.24) is 9.80 Å². The number of allylic oxidation sites excluding steroid dienone is 1. The Morgan fingerprint density at radius 2 is 0.865 bits per heavy atom.